The van der Waals surface area contributed by atoms with Crippen LogP contribution < -0.4 is 0 Å². The smallest absolute Gasteiger partial charge is 0.140 e. The lowest BCUT2D eigenvalue weighted by Gasteiger charge is -2.26. The van der Waals surface area contributed by atoms with Crippen molar-refractivity contribution in [2.45, 2.75) is 12.6 Å². The van der Waals surface area contributed by atoms with E-state index in [4.69, 9.17) is 11.6 Å². The van der Waals surface area contributed by atoms with E-state index < -0.39 is 0 Å². The molecule has 0 radical (unpaired) electrons. The Labute approximate surface area is 141 Å². The van der Waals surface area contributed by atoms with Crippen LogP contribution in [0, 0.1) is 0 Å². The summed E-state index contributed by atoms with van der Waals surface area (Å²) < 4.78 is 2.16. The van der Waals surface area contributed by atoms with Gasteiger partial charge in [-0.2, -0.15) is 0 Å². The molecule has 23 heavy (non-hydrogen) atoms. The fourth-order valence-corrected chi connectivity index (χ4v) is 2.95. The highest BCUT2D eigenvalue weighted by molar-refractivity contribution is 6.31. The third kappa shape index (κ3) is 3.44. The molecule has 0 aliphatic rings. The number of imidazole rings is 1. The molecular weight excluding hydrogens is 308 g/mol. The molecule has 0 saturated heterocycles. The van der Waals surface area contributed by atoms with Gasteiger partial charge in [-0.1, -0.05) is 29.8 Å². The molecule has 0 N–H and O–H groups in total. The van der Waals surface area contributed by atoms with Gasteiger partial charge in [0.15, 0.2) is 0 Å². The van der Waals surface area contributed by atoms with Gasteiger partial charge in [0.25, 0.3) is 0 Å². The van der Waals surface area contributed by atoms with Crippen LogP contribution in [0.3, 0.4) is 0 Å². The molecule has 5 heteroatoms. The van der Waals surface area contributed by atoms with Gasteiger partial charge in [0.05, 0.1) is 6.04 Å². The maximum absolute atomic E-state index is 6.40. The molecule has 0 aliphatic heterocycles. The Morgan fingerprint density at radius 2 is 1.83 bits per heavy atom. The van der Waals surface area contributed by atoms with E-state index in [1.807, 2.05) is 42.7 Å². The van der Waals surface area contributed by atoms with Crippen LogP contribution in [0.1, 0.15) is 11.6 Å². The molecule has 0 aliphatic carbocycles. The maximum atomic E-state index is 6.40. The first-order valence-corrected chi connectivity index (χ1v) is 7.87. The summed E-state index contributed by atoms with van der Waals surface area (Å²) in [4.78, 5) is 10.7. The van der Waals surface area contributed by atoms with Crippen LogP contribution in [-0.4, -0.2) is 33.5 Å². The molecule has 1 unspecified atom stereocenters. The quantitative estimate of drug-likeness (QED) is 0.713. The molecule has 3 rings (SSSR count). The molecule has 0 fully saturated rings. The average Bonchev–Trinajstić information content (AvgIpc) is 3.02. The summed E-state index contributed by atoms with van der Waals surface area (Å²) in [7, 11) is 4.13. The van der Waals surface area contributed by atoms with E-state index in [9.17, 15) is 0 Å². The summed E-state index contributed by atoms with van der Waals surface area (Å²) in [6.07, 6.45) is 7.40. The summed E-state index contributed by atoms with van der Waals surface area (Å²) in [5.41, 5.74) is 2.18. The van der Waals surface area contributed by atoms with Gasteiger partial charge >= 0.3 is 0 Å². The predicted molar refractivity (Wildman–Crippen MR) is 93.3 cm³/mol. The Morgan fingerprint density at radius 1 is 1.09 bits per heavy atom. The second-order valence-corrected chi connectivity index (χ2v) is 6.05. The van der Waals surface area contributed by atoms with E-state index >= 15 is 0 Å². The second-order valence-electron chi connectivity index (χ2n) is 5.64. The van der Waals surface area contributed by atoms with Gasteiger partial charge in [0.1, 0.15) is 5.82 Å². The van der Waals surface area contributed by atoms with Crippen molar-refractivity contribution < 1.29 is 0 Å². The highest BCUT2D eigenvalue weighted by Gasteiger charge is 2.19. The normalized spacial score (nSPS) is 12.5. The van der Waals surface area contributed by atoms with Crippen molar-refractivity contribution in [1.82, 2.24) is 19.4 Å². The van der Waals surface area contributed by atoms with E-state index in [-0.39, 0.29) is 6.04 Å². The monoisotopic (exact) mass is 326 g/mol. The summed E-state index contributed by atoms with van der Waals surface area (Å²) >= 11 is 6.40. The predicted octanol–water partition coefficient (Wildman–Crippen LogP) is 3.90. The van der Waals surface area contributed by atoms with Crippen molar-refractivity contribution in [2.75, 3.05) is 14.1 Å². The zero-order chi connectivity index (χ0) is 16.2. The highest BCUT2D eigenvalue weighted by atomic mass is 35.5. The number of benzene rings is 1. The first-order valence-electron chi connectivity index (χ1n) is 7.49. The molecular formula is C18H19ClN4. The Hall–Kier alpha value is -2.17. The van der Waals surface area contributed by atoms with Crippen LogP contribution in [0.25, 0.3) is 11.4 Å². The third-order valence-corrected chi connectivity index (χ3v) is 4.26. The largest absolute Gasteiger partial charge is 0.329 e. The van der Waals surface area contributed by atoms with Gasteiger partial charge in [-0.15, -0.1) is 0 Å². The van der Waals surface area contributed by atoms with Gasteiger partial charge in [-0.05, 0) is 37.9 Å². The van der Waals surface area contributed by atoms with Crippen LogP contribution in [0.4, 0.5) is 0 Å². The van der Waals surface area contributed by atoms with Gasteiger partial charge in [-0.3, -0.25) is 4.98 Å². The number of nitrogens with zero attached hydrogens (tertiary/aromatic N) is 4. The van der Waals surface area contributed by atoms with Crippen LogP contribution in [0.15, 0.2) is 61.2 Å². The summed E-state index contributed by atoms with van der Waals surface area (Å²) in [6.45, 7) is 0.772. The molecule has 0 bridgehead atoms. The molecule has 4 nitrogen and oxygen atoms in total. The minimum absolute atomic E-state index is 0.165. The molecule has 1 atom stereocenters. The Morgan fingerprint density at radius 3 is 2.52 bits per heavy atom. The average molecular weight is 327 g/mol. The van der Waals surface area contributed by atoms with E-state index in [1.165, 1.54) is 0 Å². The molecule has 0 saturated carbocycles. The topological polar surface area (TPSA) is 34.0 Å². The van der Waals surface area contributed by atoms with Crippen LogP contribution in [0.2, 0.25) is 5.02 Å². The SMILES string of the molecule is CN(C)C(Cn1ccnc1-c1ccncc1)c1ccccc1Cl. The number of pyridine rings is 1. The first kappa shape index (κ1) is 15.7. The number of hydrogen-bond acceptors (Lipinski definition) is 3. The Bertz CT molecular complexity index is 767. The lowest BCUT2D eigenvalue weighted by molar-refractivity contribution is 0.270. The van der Waals surface area contributed by atoms with Gasteiger partial charge < -0.3 is 9.47 Å². The van der Waals surface area contributed by atoms with Gasteiger partial charge in [0.2, 0.25) is 0 Å². The molecule has 0 spiro atoms. The minimum Gasteiger partial charge on any atom is -0.329 e. The van der Waals surface area contributed by atoms with Crippen molar-refractivity contribution in [2.24, 2.45) is 0 Å². The Balaban J connectivity index is 1.94. The van der Waals surface area contributed by atoms with Crippen LogP contribution in [-0.2, 0) is 6.54 Å². The van der Waals surface area contributed by atoms with E-state index in [0.29, 0.717) is 0 Å². The van der Waals surface area contributed by atoms with Crippen molar-refractivity contribution in [3.8, 4) is 11.4 Å². The fourth-order valence-electron chi connectivity index (χ4n) is 2.69. The number of halogens is 1. The van der Waals surface area contributed by atoms with Crippen molar-refractivity contribution in [3.05, 3.63) is 71.8 Å². The minimum atomic E-state index is 0.165. The number of rotatable bonds is 5. The third-order valence-electron chi connectivity index (χ3n) is 3.91. The standard InChI is InChI=1S/C18H19ClN4/c1-22(2)17(15-5-3-4-6-16(15)19)13-23-12-11-21-18(23)14-7-9-20-10-8-14/h3-12,17H,13H2,1-2H3. The second kappa shape index (κ2) is 6.94. The maximum Gasteiger partial charge on any atom is 0.140 e. The number of hydrogen-bond donors (Lipinski definition) is 0. The Kier molecular flexibility index (Phi) is 4.74. The van der Waals surface area contributed by atoms with Crippen molar-refractivity contribution >= 4 is 11.6 Å². The van der Waals surface area contributed by atoms with Gasteiger partial charge in [-0.25, -0.2) is 4.98 Å². The summed E-state index contributed by atoms with van der Waals surface area (Å²) in [6, 6.07) is 12.1. The van der Waals surface area contributed by atoms with Crippen LogP contribution >= 0.6 is 11.6 Å². The highest BCUT2D eigenvalue weighted by Crippen LogP contribution is 2.29. The molecule has 0 amide bonds. The number of aromatic nitrogens is 3. The molecule has 1 aromatic carbocycles. The zero-order valence-electron chi connectivity index (χ0n) is 13.2. The molecule has 118 valence electrons. The van der Waals surface area contributed by atoms with Gasteiger partial charge in [0, 0.05) is 41.9 Å². The van der Waals surface area contributed by atoms with E-state index in [1.54, 1.807) is 12.4 Å². The van der Waals surface area contributed by atoms with E-state index in [0.717, 1.165) is 28.5 Å². The zero-order valence-corrected chi connectivity index (χ0v) is 14.0. The lowest BCUT2D eigenvalue weighted by Crippen LogP contribution is -2.25. The van der Waals surface area contributed by atoms with Crippen molar-refractivity contribution in [3.63, 3.8) is 0 Å². The number of likely N-dealkylation sites (N-methyl/N-ethyl adjacent to an activating group) is 1. The first-order chi connectivity index (χ1) is 11.2. The summed E-state index contributed by atoms with van der Waals surface area (Å²) in [5.74, 6) is 0.936. The fraction of sp³-hybridized carbons (Fsp3) is 0.222. The molecule has 3 aromatic rings. The molecule has 2 heterocycles. The van der Waals surface area contributed by atoms with Crippen molar-refractivity contribution in [1.29, 1.82) is 0 Å². The van der Waals surface area contributed by atoms with E-state index in [2.05, 4.69) is 39.6 Å². The van der Waals surface area contributed by atoms with Crippen LogP contribution in [0.5, 0.6) is 0 Å². The molecule has 2 aromatic heterocycles. The lowest BCUT2D eigenvalue weighted by atomic mass is 10.1. The summed E-state index contributed by atoms with van der Waals surface area (Å²) in [5, 5.41) is 0.789.